The van der Waals surface area contributed by atoms with Crippen molar-refractivity contribution in [2.75, 3.05) is 52.4 Å². The molecule has 0 unspecified atom stereocenters. The van der Waals surface area contributed by atoms with Crippen LogP contribution in [0.2, 0.25) is 0 Å². The third-order valence-electron chi connectivity index (χ3n) is 7.34. The lowest BCUT2D eigenvalue weighted by atomic mass is 10.0. The van der Waals surface area contributed by atoms with Gasteiger partial charge in [0.05, 0.1) is 11.3 Å². The Balaban J connectivity index is 1.35. The molecule has 0 spiro atoms. The molecule has 0 radical (unpaired) electrons. The van der Waals surface area contributed by atoms with Gasteiger partial charge in [-0.25, -0.2) is 4.68 Å². The molecule has 178 valence electrons. The standard InChI is InChI=1S/C28H35N5O/c1-22-10-11-24(20-23(22)2)27-26(21-33(29-27)25-8-4-3-5-9-25)28(34)32-18-16-31(17-19-32)15-14-30-12-6-7-13-30/h3-5,8-11,20-21H,6-7,12-19H2,1-2H3. The summed E-state index contributed by atoms with van der Waals surface area (Å²) >= 11 is 0. The SMILES string of the molecule is Cc1ccc(-c2nn(-c3ccccc3)cc2C(=O)N2CCN(CCN3CCCC3)CC2)cc1C. The molecule has 2 aliphatic heterocycles. The van der Waals surface area contributed by atoms with Crippen LogP contribution in [0, 0.1) is 13.8 Å². The van der Waals surface area contributed by atoms with Gasteiger partial charge >= 0.3 is 0 Å². The quantitative estimate of drug-likeness (QED) is 0.561. The summed E-state index contributed by atoms with van der Waals surface area (Å²) in [5, 5.41) is 4.88. The van der Waals surface area contributed by atoms with E-state index in [-0.39, 0.29) is 5.91 Å². The van der Waals surface area contributed by atoms with Crippen molar-refractivity contribution in [3.63, 3.8) is 0 Å². The molecule has 2 fully saturated rings. The summed E-state index contributed by atoms with van der Waals surface area (Å²) in [7, 11) is 0. The Morgan fingerprint density at radius 2 is 1.50 bits per heavy atom. The van der Waals surface area contributed by atoms with E-state index >= 15 is 0 Å². The summed E-state index contributed by atoms with van der Waals surface area (Å²) < 4.78 is 1.84. The van der Waals surface area contributed by atoms with Crippen LogP contribution in [0.4, 0.5) is 0 Å². The third-order valence-corrected chi connectivity index (χ3v) is 7.34. The average Bonchev–Trinajstić information content (AvgIpc) is 3.55. The molecule has 0 bridgehead atoms. The largest absolute Gasteiger partial charge is 0.336 e. The molecule has 2 aliphatic rings. The van der Waals surface area contributed by atoms with Gasteiger partial charge in [0.25, 0.3) is 5.91 Å². The second-order valence-electron chi connectivity index (χ2n) is 9.65. The molecule has 6 heteroatoms. The first-order valence-corrected chi connectivity index (χ1v) is 12.6. The highest BCUT2D eigenvalue weighted by molar-refractivity contribution is 6.00. The topological polar surface area (TPSA) is 44.6 Å². The molecule has 0 atom stereocenters. The second kappa shape index (κ2) is 10.1. The summed E-state index contributed by atoms with van der Waals surface area (Å²) in [4.78, 5) is 20.8. The first-order chi connectivity index (χ1) is 16.6. The number of amides is 1. The molecule has 2 saturated heterocycles. The Hall–Kier alpha value is -2.96. The van der Waals surface area contributed by atoms with Crippen molar-refractivity contribution < 1.29 is 4.79 Å². The van der Waals surface area contributed by atoms with Crippen LogP contribution in [0.15, 0.2) is 54.7 Å². The number of hydrogen-bond donors (Lipinski definition) is 0. The van der Waals surface area contributed by atoms with E-state index in [0.29, 0.717) is 5.56 Å². The molecule has 2 aromatic carbocycles. The predicted octanol–water partition coefficient (Wildman–Crippen LogP) is 4.01. The summed E-state index contributed by atoms with van der Waals surface area (Å²) in [5.41, 5.74) is 5.83. The zero-order chi connectivity index (χ0) is 23.5. The van der Waals surface area contributed by atoms with Crippen molar-refractivity contribution in [1.29, 1.82) is 0 Å². The van der Waals surface area contributed by atoms with E-state index in [4.69, 9.17) is 5.10 Å². The summed E-state index contributed by atoms with van der Waals surface area (Å²) in [6.45, 7) is 12.3. The number of rotatable bonds is 6. The summed E-state index contributed by atoms with van der Waals surface area (Å²) in [6.07, 6.45) is 4.57. The van der Waals surface area contributed by atoms with Gasteiger partial charge in [-0.05, 0) is 69.1 Å². The minimum atomic E-state index is 0.0783. The van der Waals surface area contributed by atoms with Crippen LogP contribution >= 0.6 is 0 Å². The number of para-hydroxylation sites is 1. The van der Waals surface area contributed by atoms with E-state index in [1.54, 1.807) is 0 Å². The maximum Gasteiger partial charge on any atom is 0.257 e. The molecule has 3 heterocycles. The summed E-state index contributed by atoms with van der Waals surface area (Å²) in [5.74, 6) is 0.0783. The van der Waals surface area contributed by atoms with Gasteiger partial charge in [-0.1, -0.05) is 30.3 Å². The molecule has 34 heavy (non-hydrogen) atoms. The van der Waals surface area contributed by atoms with E-state index in [1.807, 2.05) is 46.1 Å². The molecule has 1 amide bonds. The zero-order valence-corrected chi connectivity index (χ0v) is 20.4. The molecular formula is C28H35N5O. The maximum absolute atomic E-state index is 13.7. The highest BCUT2D eigenvalue weighted by Gasteiger charge is 2.27. The fourth-order valence-corrected chi connectivity index (χ4v) is 4.98. The number of aryl methyl sites for hydroxylation is 2. The van der Waals surface area contributed by atoms with Crippen LogP contribution in [0.5, 0.6) is 0 Å². The molecule has 5 rings (SSSR count). The Morgan fingerprint density at radius 3 is 2.18 bits per heavy atom. The van der Waals surface area contributed by atoms with Gasteiger partial charge in [-0.3, -0.25) is 9.69 Å². The number of piperazine rings is 1. The van der Waals surface area contributed by atoms with E-state index < -0.39 is 0 Å². The maximum atomic E-state index is 13.7. The lowest BCUT2D eigenvalue weighted by Crippen LogP contribution is -2.50. The Kier molecular flexibility index (Phi) is 6.79. The molecule has 6 nitrogen and oxygen atoms in total. The molecule has 1 aromatic heterocycles. The van der Waals surface area contributed by atoms with Crippen LogP contribution < -0.4 is 0 Å². The van der Waals surface area contributed by atoms with Gasteiger partial charge in [-0.2, -0.15) is 5.10 Å². The van der Waals surface area contributed by atoms with Gasteiger partial charge < -0.3 is 9.80 Å². The molecule has 0 N–H and O–H groups in total. The van der Waals surface area contributed by atoms with Crippen LogP contribution in [0.3, 0.4) is 0 Å². The lowest BCUT2D eigenvalue weighted by molar-refractivity contribution is 0.0627. The first-order valence-electron chi connectivity index (χ1n) is 12.6. The highest BCUT2D eigenvalue weighted by atomic mass is 16.2. The number of likely N-dealkylation sites (tertiary alicyclic amines) is 1. The van der Waals surface area contributed by atoms with Gasteiger partial charge in [0.2, 0.25) is 0 Å². The number of carbonyl (C=O) groups is 1. The summed E-state index contributed by atoms with van der Waals surface area (Å²) in [6, 6.07) is 16.3. The van der Waals surface area contributed by atoms with Crippen molar-refractivity contribution in [2.24, 2.45) is 0 Å². The fourth-order valence-electron chi connectivity index (χ4n) is 4.98. The van der Waals surface area contributed by atoms with Crippen molar-refractivity contribution in [3.05, 3.63) is 71.4 Å². The van der Waals surface area contributed by atoms with Crippen molar-refractivity contribution in [3.8, 4) is 16.9 Å². The van der Waals surface area contributed by atoms with Crippen LogP contribution in [-0.4, -0.2) is 82.7 Å². The minimum Gasteiger partial charge on any atom is -0.336 e. The van der Waals surface area contributed by atoms with Gasteiger partial charge in [-0.15, -0.1) is 0 Å². The van der Waals surface area contributed by atoms with Gasteiger partial charge in [0, 0.05) is 51.0 Å². The monoisotopic (exact) mass is 457 g/mol. The van der Waals surface area contributed by atoms with E-state index in [9.17, 15) is 4.79 Å². The zero-order valence-electron chi connectivity index (χ0n) is 20.4. The van der Waals surface area contributed by atoms with Crippen molar-refractivity contribution in [2.45, 2.75) is 26.7 Å². The average molecular weight is 458 g/mol. The first kappa shape index (κ1) is 22.8. The Morgan fingerprint density at radius 1 is 0.824 bits per heavy atom. The smallest absolute Gasteiger partial charge is 0.257 e. The number of carbonyl (C=O) groups excluding carboxylic acids is 1. The number of nitrogens with zero attached hydrogens (tertiary/aromatic N) is 5. The van der Waals surface area contributed by atoms with Gasteiger partial charge in [0.1, 0.15) is 5.69 Å². The van der Waals surface area contributed by atoms with E-state index in [1.165, 1.54) is 37.1 Å². The van der Waals surface area contributed by atoms with Crippen LogP contribution in [-0.2, 0) is 0 Å². The normalized spacial score (nSPS) is 17.4. The lowest BCUT2D eigenvalue weighted by Gasteiger charge is -2.35. The molecule has 0 saturated carbocycles. The van der Waals surface area contributed by atoms with Crippen LogP contribution in [0.1, 0.15) is 34.3 Å². The molecular weight excluding hydrogens is 422 g/mol. The third kappa shape index (κ3) is 4.93. The Bertz CT molecular complexity index is 1120. The van der Waals surface area contributed by atoms with Crippen LogP contribution in [0.25, 0.3) is 16.9 Å². The molecule has 3 aromatic rings. The Labute approximate surface area is 202 Å². The second-order valence-corrected chi connectivity index (χ2v) is 9.65. The predicted molar refractivity (Wildman–Crippen MR) is 136 cm³/mol. The number of aromatic nitrogens is 2. The molecule has 0 aliphatic carbocycles. The van der Waals surface area contributed by atoms with E-state index in [0.717, 1.165) is 56.2 Å². The van der Waals surface area contributed by atoms with Crippen molar-refractivity contribution >= 4 is 5.91 Å². The highest BCUT2D eigenvalue weighted by Crippen LogP contribution is 2.27. The van der Waals surface area contributed by atoms with Gasteiger partial charge in [0.15, 0.2) is 0 Å². The number of benzene rings is 2. The fraction of sp³-hybridized carbons (Fsp3) is 0.429. The number of hydrogen-bond acceptors (Lipinski definition) is 4. The van der Waals surface area contributed by atoms with Crippen molar-refractivity contribution in [1.82, 2.24) is 24.5 Å². The minimum absolute atomic E-state index is 0.0783. The van der Waals surface area contributed by atoms with E-state index in [2.05, 4.69) is 41.8 Å².